The maximum absolute atomic E-state index is 12.1. The fourth-order valence-electron chi connectivity index (χ4n) is 3.76. The molecule has 5 nitrogen and oxygen atoms in total. The molecule has 5 heteroatoms. The van der Waals surface area contributed by atoms with Crippen molar-refractivity contribution in [1.29, 1.82) is 0 Å². The van der Waals surface area contributed by atoms with Crippen LogP contribution in [0.5, 0.6) is 0 Å². The van der Waals surface area contributed by atoms with Gasteiger partial charge in [-0.05, 0) is 64.1 Å². The van der Waals surface area contributed by atoms with E-state index in [2.05, 4.69) is 15.5 Å². The lowest BCUT2D eigenvalue weighted by Gasteiger charge is -2.48. The first-order valence-electron chi connectivity index (χ1n) is 9.09. The van der Waals surface area contributed by atoms with Gasteiger partial charge in [0.25, 0.3) is 0 Å². The molecule has 3 aliphatic rings. The maximum atomic E-state index is 12.1. The summed E-state index contributed by atoms with van der Waals surface area (Å²) >= 11 is 0. The standard InChI is InChI=1S/C17H31N3O2/c21-16(13-18-12-15-4-5-15)19-14-17(6-10-22-11-7-17)20-8-2-1-3-9-20/h15,18H,1-14H2,(H,19,21). The third kappa shape index (κ3) is 4.43. The minimum absolute atomic E-state index is 0.130. The fraction of sp³-hybridized carbons (Fsp3) is 0.941. The third-order valence-corrected chi connectivity index (χ3v) is 5.48. The van der Waals surface area contributed by atoms with Crippen LogP contribution >= 0.6 is 0 Å². The molecule has 1 aliphatic carbocycles. The summed E-state index contributed by atoms with van der Waals surface area (Å²) in [6.07, 6.45) is 8.67. The first-order chi connectivity index (χ1) is 10.8. The molecule has 2 aliphatic heterocycles. The molecule has 1 amide bonds. The second-order valence-electron chi connectivity index (χ2n) is 7.24. The van der Waals surface area contributed by atoms with E-state index in [0.717, 1.165) is 45.1 Å². The molecule has 0 atom stereocenters. The highest BCUT2D eigenvalue weighted by Gasteiger charge is 2.39. The number of nitrogens with zero attached hydrogens (tertiary/aromatic N) is 1. The van der Waals surface area contributed by atoms with Crippen molar-refractivity contribution in [1.82, 2.24) is 15.5 Å². The average Bonchev–Trinajstić information content (AvgIpc) is 3.39. The Morgan fingerprint density at radius 2 is 1.86 bits per heavy atom. The molecule has 0 spiro atoms. The van der Waals surface area contributed by atoms with Crippen LogP contribution in [0.25, 0.3) is 0 Å². The van der Waals surface area contributed by atoms with Gasteiger partial charge in [0.1, 0.15) is 0 Å². The summed E-state index contributed by atoms with van der Waals surface area (Å²) in [5, 5.41) is 6.46. The van der Waals surface area contributed by atoms with Crippen molar-refractivity contribution >= 4 is 5.91 Å². The molecule has 0 aromatic heterocycles. The van der Waals surface area contributed by atoms with E-state index in [-0.39, 0.29) is 11.4 Å². The second-order valence-corrected chi connectivity index (χ2v) is 7.24. The fourth-order valence-corrected chi connectivity index (χ4v) is 3.76. The lowest BCUT2D eigenvalue weighted by Crippen LogP contribution is -2.60. The highest BCUT2D eigenvalue weighted by Crippen LogP contribution is 2.30. The lowest BCUT2D eigenvalue weighted by molar-refractivity contribution is -0.121. The average molecular weight is 309 g/mol. The molecule has 0 unspecified atom stereocenters. The molecule has 0 bridgehead atoms. The highest BCUT2D eigenvalue weighted by molar-refractivity contribution is 5.78. The number of carbonyl (C=O) groups excluding carboxylic acids is 1. The predicted octanol–water partition coefficient (Wildman–Crippen LogP) is 1.14. The van der Waals surface area contributed by atoms with Crippen molar-refractivity contribution in [3.63, 3.8) is 0 Å². The quantitative estimate of drug-likeness (QED) is 0.740. The number of rotatable bonds is 7. The van der Waals surface area contributed by atoms with Crippen molar-refractivity contribution < 1.29 is 9.53 Å². The van der Waals surface area contributed by atoms with E-state index in [1.54, 1.807) is 0 Å². The summed E-state index contributed by atoms with van der Waals surface area (Å²) in [6.45, 7) is 6.24. The van der Waals surface area contributed by atoms with Gasteiger partial charge in [-0.2, -0.15) is 0 Å². The Balaban J connectivity index is 1.47. The smallest absolute Gasteiger partial charge is 0.234 e. The topological polar surface area (TPSA) is 53.6 Å². The molecule has 3 fully saturated rings. The first kappa shape index (κ1) is 16.2. The minimum atomic E-state index is 0.130. The van der Waals surface area contributed by atoms with Crippen molar-refractivity contribution in [3.05, 3.63) is 0 Å². The largest absolute Gasteiger partial charge is 0.381 e. The predicted molar refractivity (Wildman–Crippen MR) is 86.8 cm³/mol. The Kier molecular flexibility index (Phi) is 5.71. The SMILES string of the molecule is O=C(CNCC1CC1)NCC1(N2CCCCC2)CCOCC1. The monoisotopic (exact) mass is 309 g/mol. The molecule has 2 N–H and O–H groups in total. The lowest BCUT2D eigenvalue weighted by atomic mass is 9.86. The van der Waals surface area contributed by atoms with Crippen LogP contribution < -0.4 is 10.6 Å². The van der Waals surface area contributed by atoms with Gasteiger partial charge in [0.15, 0.2) is 0 Å². The van der Waals surface area contributed by atoms with Crippen LogP contribution in [-0.2, 0) is 9.53 Å². The molecule has 2 saturated heterocycles. The number of ether oxygens (including phenoxy) is 1. The van der Waals surface area contributed by atoms with E-state index in [1.165, 1.54) is 45.2 Å². The molecule has 0 aromatic rings. The zero-order chi connectivity index (χ0) is 15.3. The molecule has 126 valence electrons. The van der Waals surface area contributed by atoms with Crippen molar-refractivity contribution in [3.8, 4) is 0 Å². The number of nitrogens with one attached hydrogen (secondary N) is 2. The highest BCUT2D eigenvalue weighted by atomic mass is 16.5. The number of amides is 1. The van der Waals surface area contributed by atoms with Crippen molar-refractivity contribution in [2.45, 2.75) is 50.5 Å². The van der Waals surface area contributed by atoms with E-state index >= 15 is 0 Å². The zero-order valence-electron chi connectivity index (χ0n) is 13.7. The van der Waals surface area contributed by atoms with E-state index in [1.807, 2.05) is 0 Å². The minimum Gasteiger partial charge on any atom is -0.381 e. The summed E-state index contributed by atoms with van der Waals surface area (Å²) in [6, 6.07) is 0. The van der Waals surface area contributed by atoms with Crippen molar-refractivity contribution in [2.24, 2.45) is 5.92 Å². The molecule has 1 saturated carbocycles. The van der Waals surface area contributed by atoms with E-state index in [9.17, 15) is 4.79 Å². The van der Waals surface area contributed by atoms with E-state index in [0.29, 0.717) is 6.54 Å². The Hall–Kier alpha value is -0.650. The number of carbonyl (C=O) groups is 1. The number of piperidine rings is 1. The van der Waals surface area contributed by atoms with Gasteiger partial charge in [-0.3, -0.25) is 9.69 Å². The van der Waals surface area contributed by atoms with Crippen LogP contribution in [0.2, 0.25) is 0 Å². The molecule has 0 aromatic carbocycles. The molecule has 3 rings (SSSR count). The Morgan fingerprint density at radius 1 is 1.14 bits per heavy atom. The Morgan fingerprint density at radius 3 is 2.55 bits per heavy atom. The maximum Gasteiger partial charge on any atom is 0.234 e. The van der Waals surface area contributed by atoms with Gasteiger partial charge in [-0.1, -0.05) is 6.42 Å². The van der Waals surface area contributed by atoms with Crippen LogP contribution in [0.15, 0.2) is 0 Å². The van der Waals surface area contributed by atoms with E-state index in [4.69, 9.17) is 4.74 Å². The van der Waals surface area contributed by atoms with Gasteiger partial charge in [-0.25, -0.2) is 0 Å². The first-order valence-corrected chi connectivity index (χ1v) is 9.09. The van der Waals surface area contributed by atoms with Gasteiger partial charge in [-0.15, -0.1) is 0 Å². The summed E-state index contributed by atoms with van der Waals surface area (Å²) in [5.41, 5.74) is 0.130. The zero-order valence-corrected chi connectivity index (χ0v) is 13.7. The van der Waals surface area contributed by atoms with Gasteiger partial charge in [0.05, 0.1) is 6.54 Å². The summed E-state index contributed by atoms with van der Waals surface area (Å²) in [7, 11) is 0. The molecule has 2 heterocycles. The molecular formula is C17H31N3O2. The van der Waals surface area contributed by atoms with Crippen LogP contribution in [-0.4, -0.2) is 62.3 Å². The summed E-state index contributed by atoms with van der Waals surface area (Å²) in [4.78, 5) is 14.7. The molecule has 22 heavy (non-hydrogen) atoms. The van der Waals surface area contributed by atoms with Crippen LogP contribution in [0.3, 0.4) is 0 Å². The number of hydrogen-bond acceptors (Lipinski definition) is 4. The molecule has 0 radical (unpaired) electrons. The van der Waals surface area contributed by atoms with Crippen LogP contribution in [0, 0.1) is 5.92 Å². The van der Waals surface area contributed by atoms with E-state index < -0.39 is 0 Å². The molecular weight excluding hydrogens is 278 g/mol. The van der Waals surface area contributed by atoms with Gasteiger partial charge >= 0.3 is 0 Å². The van der Waals surface area contributed by atoms with Crippen LogP contribution in [0.1, 0.15) is 44.9 Å². The summed E-state index contributed by atoms with van der Waals surface area (Å²) in [5.74, 6) is 0.964. The number of hydrogen-bond donors (Lipinski definition) is 2. The van der Waals surface area contributed by atoms with Gasteiger partial charge in [0, 0.05) is 25.3 Å². The van der Waals surface area contributed by atoms with Gasteiger partial charge in [0.2, 0.25) is 5.91 Å². The Labute approximate surface area is 134 Å². The third-order valence-electron chi connectivity index (χ3n) is 5.48. The Bertz CT molecular complexity index is 359. The summed E-state index contributed by atoms with van der Waals surface area (Å²) < 4.78 is 5.57. The van der Waals surface area contributed by atoms with Gasteiger partial charge < -0.3 is 15.4 Å². The van der Waals surface area contributed by atoms with Crippen LogP contribution in [0.4, 0.5) is 0 Å². The normalized spacial score (nSPS) is 25.8. The van der Waals surface area contributed by atoms with Crippen molar-refractivity contribution in [2.75, 3.05) is 45.9 Å². The number of likely N-dealkylation sites (tertiary alicyclic amines) is 1. The second kappa shape index (κ2) is 7.75.